The van der Waals surface area contributed by atoms with Crippen LogP contribution in [0, 0.1) is 0 Å². The first-order valence-electron chi connectivity index (χ1n) is 3.88. The maximum absolute atomic E-state index is 10.6. The van der Waals surface area contributed by atoms with Crippen molar-refractivity contribution in [1.29, 1.82) is 0 Å². The van der Waals surface area contributed by atoms with Crippen molar-refractivity contribution in [2.24, 2.45) is 5.73 Å². The molecule has 0 fully saturated rings. The second-order valence-electron chi connectivity index (χ2n) is 2.97. The molecule has 1 amide bonds. The van der Waals surface area contributed by atoms with Crippen molar-refractivity contribution < 1.29 is 4.79 Å². The molecule has 0 aromatic carbocycles. The molecule has 62 valence electrons. The number of carbonyl (C=O) groups excluding carboxylic acids is 1. The van der Waals surface area contributed by atoms with E-state index in [0.717, 1.165) is 12.8 Å². The quantitative estimate of drug-likeness (QED) is 0.529. The van der Waals surface area contributed by atoms with Gasteiger partial charge in [-0.15, -0.1) is 0 Å². The van der Waals surface area contributed by atoms with Gasteiger partial charge < -0.3 is 11.1 Å². The largest absolute Gasteiger partial charge is 0.350 e. The predicted octanol–water partition coefficient (Wildman–Crippen LogP) is 0.168. The lowest BCUT2D eigenvalue weighted by atomic mass is 9.98. The summed E-state index contributed by atoms with van der Waals surface area (Å²) in [5.41, 5.74) is 5.70. The SMILES string of the molecule is CC(=O)NC1C=CCC(N)C1. The summed E-state index contributed by atoms with van der Waals surface area (Å²) in [4.78, 5) is 10.6. The summed E-state index contributed by atoms with van der Waals surface area (Å²) in [5, 5.41) is 2.81. The van der Waals surface area contributed by atoms with Gasteiger partial charge in [0.1, 0.15) is 0 Å². The third-order valence-corrected chi connectivity index (χ3v) is 1.75. The molecule has 0 spiro atoms. The summed E-state index contributed by atoms with van der Waals surface area (Å²) < 4.78 is 0. The second-order valence-corrected chi connectivity index (χ2v) is 2.97. The first-order valence-corrected chi connectivity index (χ1v) is 3.88. The van der Waals surface area contributed by atoms with Gasteiger partial charge in [-0.1, -0.05) is 12.2 Å². The molecule has 1 aliphatic carbocycles. The molecule has 0 aliphatic heterocycles. The van der Waals surface area contributed by atoms with Crippen LogP contribution < -0.4 is 11.1 Å². The predicted molar refractivity (Wildman–Crippen MR) is 44.0 cm³/mol. The third-order valence-electron chi connectivity index (χ3n) is 1.75. The van der Waals surface area contributed by atoms with Crippen LogP contribution in [-0.4, -0.2) is 18.0 Å². The van der Waals surface area contributed by atoms with E-state index in [4.69, 9.17) is 5.73 Å². The fourth-order valence-corrected chi connectivity index (χ4v) is 1.29. The van der Waals surface area contributed by atoms with Crippen molar-refractivity contribution in [1.82, 2.24) is 5.32 Å². The Morgan fingerprint density at radius 2 is 2.45 bits per heavy atom. The fourth-order valence-electron chi connectivity index (χ4n) is 1.29. The van der Waals surface area contributed by atoms with E-state index in [1.165, 1.54) is 6.92 Å². The summed E-state index contributed by atoms with van der Waals surface area (Å²) in [6.45, 7) is 1.52. The number of nitrogens with one attached hydrogen (secondary N) is 1. The van der Waals surface area contributed by atoms with E-state index in [1.807, 2.05) is 12.2 Å². The van der Waals surface area contributed by atoms with E-state index in [2.05, 4.69) is 5.32 Å². The number of hydrogen-bond donors (Lipinski definition) is 2. The van der Waals surface area contributed by atoms with Crippen LogP contribution in [0.2, 0.25) is 0 Å². The number of hydrogen-bond acceptors (Lipinski definition) is 2. The zero-order chi connectivity index (χ0) is 8.27. The highest BCUT2D eigenvalue weighted by Crippen LogP contribution is 2.08. The highest BCUT2D eigenvalue weighted by Gasteiger charge is 2.14. The Kier molecular flexibility index (Phi) is 2.65. The lowest BCUT2D eigenvalue weighted by molar-refractivity contribution is -0.119. The zero-order valence-corrected chi connectivity index (χ0v) is 6.71. The molecule has 0 aromatic heterocycles. The molecule has 0 bridgehead atoms. The van der Waals surface area contributed by atoms with Gasteiger partial charge in [-0.3, -0.25) is 4.79 Å². The van der Waals surface area contributed by atoms with Gasteiger partial charge in [-0.2, -0.15) is 0 Å². The summed E-state index contributed by atoms with van der Waals surface area (Å²) in [6, 6.07) is 0.355. The van der Waals surface area contributed by atoms with Gasteiger partial charge in [0.2, 0.25) is 5.91 Å². The molecule has 3 nitrogen and oxygen atoms in total. The molecule has 2 unspecified atom stereocenters. The fraction of sp³-hybridized carbons (Fsp3) is 0.625. The van der Waals surface area contributed by atoms with Crippen LogP contribution in [0.1, 0.15) is 19.8 Å². The molecule has 3 heteroatoms. The highest BCUT2D eigenvalue weighted by molar-refractivity contribution is 5.73. The average Bonchev–Trinajstić information content (AvgIpc) is 1.85. The third kappa shape index (κ3) is 2.72. The first-order chi connectivity index (χ1) is 5.18. The van der Waals surface area contributed by atoms with Gasteiger partial charge in [0.05, 0.1) is 0 Å². The number of nitrogens with two attached hydrogens (primary N) is 1. The van der Waals surface area contributed by atoms with Crippen LogP contribution in [0.25, 0.3) is 0 Å². The molecule has 2 atom stereocenters. The van der Waals surface area contributed by atoms with Crippen molar-refractivity contribution in [2.75, 3.05) is 0 Å². The normalized spacial score (nSPS) is 30.0. The number of carbonyl (C=O) groups is 1. The molecule has 11 heavy (non-hydrogen) atoms. The van der Waals surface area contributed by atoms with Crippen LogP contribution in [0.3, 0.4) is 0 Å². The van der Waals surface area contributed by atoms with Crippen LogP contribution in [0.5, 0.6) is 0 Å². The minimum absolute atomic E-state index is 0.00810. The summed E-state index contributed by atoms with van der Waals surface area (Å²) in [5.74, 6) is 0.00810. The monoisotopic (exact) mass is 154 g/mol. The van der Waals surface area contributed by atoms with Crippen molar-refractivity contribution in [3.63, 3.8) is 0 Å². The Bertz CT molecular complexity index is 177. The Morgan fingerprint density at radius 1 is 1.73 bits per heavy atom. The second kappa shape index (κ2) is 3.53. The molecule has 0 saturated heterocycles. The Hall–Kier alpha value is -0.830. The van der Waals surface area contributed by atoms with Gasteiger partial charge in [-0.05, 0) is 12.8 Å². The zero-order valence-electron chi connectivity index (χ0n) is 6.71. The lowest BCUT2D eigenvalue weighted by Gasteiger charge is -2.21. The molecule has 1 rings (SSSR count). The van der Waals surface area contributed by atoms with Gasteiger partial charge >= 0.3 is 0 Å². The summed E-state index contributed by atoms with van der Waals surface area (Å²) >= 11 is 0. The maximum Gasteiger partial charge on any atom is 0.217 e. The summed E-state index contributed by atoms with van der Waals surface area (Å²) in [6.07, 6.45) is 5.81. The van der Waals surface area contributed by atoms with Crippen molar-refractivity contribution >= 4 is 5.91 Å². The van der Waals surface area contributed by atoms with Crippen molar-refractivity contribution in [3.05, 3.63) is 12.2 Å². The first kappa shape index (κ1) is 8.27. The van der Waals surface area contributed by atoms with E-state index in [-0.39, 0.29) is 18.0 Å². The molecule has 1 aliphatic rings. The van der Waals surface area contributed by atoms with E-state index in [9.17, 15) is 4.79 Å². The Labute approximate surface area is 66.6 Å². The van der Waals surface area contributed by atoms with Gasteiger partial charge in [0, 0.05) is 19.0 Å². The smallest absolute Gasteiger partial charge is 0.217 e. The molecule has 0 heterocycles. The number of rotatable bonds is 1. The topological polar surface area (TPSA) is 55.1 Å². The standard InChI is InChI=1S/C8H14N2O/c1-6(11)10-8-4-2-3-7(9)5-8/h2,4,7-8H,3,5,9H2,1H3,(H,10,11). The molecule has 0 saturated carbocycles. The van der Waals surface area contributed by atoms with Gasteiger partial charge in [0.15, 0.2) is 0 Å². The highest BCUT2D eigenvalue weighted by atomic mass is 16.1. The van der Waals surface area contributed by atoms with Gasteiger partial charge in [-0.25, -0.2) is 0 Å². The minimum atomic E-state index is 0.00810. The van der Waals surface area contributed by atoms with Crippen molar-refractivity contribution in [2.45, 2.75) is 31.8 Å². The average molecular weight is 154 g/mol. The lowest BCUT2D eigenvalue weighted by Crippen LogP contribution is -2.38. The Morgan fingerprint density at radius 3 is 3.00 bits per heavy atom. The number of amides is 1. The van der Waals surface area contributed by atoms with Crippen LogP contribution in [0.4, 0.5) is 0 Å². The van der Waals surface area contributed by atoms with Crippen molar-refractivity contribution in [3.8, 4) is 0 Å². The molecule has 3 N–H and O–H groups in total. The van der Waals surface area contributed by atoms with Crippen LogP contribution >= 0.6 is 0 Å². The van der Waals surface area contributed by atoms with E-state index < -0.39 is 0 Å². The molecular weight excluding hydrogens is 140 g/mol. The Balaban J connectivity index is 2.40. The maximum atomic E-state index is 10.6. The van der Waals surface area contributed by atoms with Gasteiger partial charge in [0.25, 0.3) is 0 Å². The van der Waals surface area contributed by atoms with E-state index >= 15 is 0 Å². The molecule has 0 aromatic rings. The van der Waals surface area contributed by atoms with Crippen LogP contribution in [-0.2, 0) is 4.79 Å². The minimum Gasteiger partial charge on any atom is -0.350 e. The summed E-state index contributed by atoms with van der Waals surface area (Å²) in [7, 11) is 0. The van der Waals surface area contributed by atoms with E-state index in [0.29, 0.717) is 0 Å². The molecular formula is C8H14N2O. The van der Waals surface area contributed by atoms with E-state index in [1.54, 1.807) is 0 Å². The molecule has 0 radical (unpaired) electrons. The van der Waals surface area contributed by atoms with Crippen LogP contribution in [0.15, 0.2) is 12.2 Å².